The highest BCUT2D eigenvalue weighted by molar-refractivity contribution is 5.95. The van der Waals surface area contributed by atoms with E-state index in [2.05, 4.69) is 10.2 Å². The molecule has 0 radical (unpaired) electrons. The lowest BCUT2D eigenvalue weighted by atomic mass is 10.1. The minimum atomic E-state index is -0.501. The number of hydrogen-bond donors (Lipinski definition) is 1. The van der Waals surface area contributed by atoms with Gasteiger partial charge in [-0.1, -0.05) is 36.4 Å². The van der Waals surface area contributed by atoms with Crippen LogP contribution in [0.5, 0.6) is 0 Å². The van der Waals surface area contributed by atoms with Gasteiger partial charge < -0.3 is 10.1 Å². The largest absolute Gasteiger partial charge is 0.379 e. The van der Waals surface area contributed by atoms with Crippen LogP contribution in [0.2, 0.25) is 0 Å². The molecule has 1 aliphatic rings. The van der Waals surface area contributed by atoms with E-state index in [0.717, 1.165) is 18.7 Å². The SMILES string of the molecule is O=C(N[C@H](CN1CCOCC1)c1ccccc1)c1cccc([N+](=O)[O-])c1. The van der Waals surface area contributed by atoms with Gasteiger partial charge in [0.15, 0.2) is 0 Å². The molecule has 1 N–H and O–H groups in total. The monoisotopic (exact) mass is 355 g/mol. The Balaban J connectivity index is 1.77. The lowest BCUT2D eigenvalue weighted by Crippen LogP contribution is -2.43. The molecule has 2 aromatic rings. The first-order valence-corrected chi connectivity index (χ1v) is 8.54. The third-order valence-electron chi connectivity index (χ3n) is 4.37. The highest BCUT2D eigenvalue weighted by Crippen LogP contribution is 2.18. The van der Waals surface area contributed by atoms with Gasteiger partial charge in [-0.15, -0.1) is 0 Å². The van der Waals surface area contributed by atoms with Crippen molar-refractivity contribution in [2.45, 2.75) is 6.04 Å². The second kappa shape index (κ2) is 8.55. The van der Waals surface area contributed by atoms with Crippen LogP contribution in [-0.2, 0) is 4.74 Å². The number of carbonyl (C=O) groups excluding carboxylic acids is 1. The second-order valence-corrected chi connectivity index (χ2v) is 6.16. The third-order valence-corrected chi connectivity index (χ3v) is 4.37. The lowest BCUT2D eigenvalue weighted by Gasteiger charge is -2.31. The molecule has 1 fully saturated rings. The zero-order valence-corrected chi connectivity index (χ0v) is 14.3. The van der Waals surface area contributed by atoms with Gasteiger partial charge in [-0.3, -0.25) is 19.8 Å². The molecule has 0 spiro atoms. The van der Waals surface area contributed by atoms with Crippen LogP contribution < -0.4 is 5.32 Å². The van der Waals surface area contributed by atoms with Crippen molar-refractivity contribution < 1.29 is 14.5 Å². The second-order valence-electron chi connectivity index (χ2n) is 6.16. The summed E-state index contributed by atoms with van der Waals surface area (Å²) in [6.07, 6.45) is 0. The normalized spacial score (nSPS) is 16.0. The van der Waals surface area contributed by atoms with Gasteiger partial charge >= 0.3 is 0 Å². The fraction of sp³-hybridized carbons (Fsp3) is 0.316. The Hall–Kier alpha value is -2.77. The summed E-state index contributed by atoms with van der Waals surface area (Å²) in [6.45, 7) is 3.65. The first-order valence-electron chi connectivity index (χ1n) is 8.54. The van der Waals surface area contributed by atoms with Gasteiger partial charge in [0.25, 0.3) is 11.6 Å². The van der Waals surface area contributed by atoms with E-state index in [1.165, 1.54) is 18.2 Å². The molecule has 0 unspecified atom stereocenters. The third kappa shape index (κ3) is 4.65. The van der Waals surface area contributed by atoms with Crippen molar-refractivity contribution in [1.29, 1.82) is 0 Å². The molecular weight excluding hydrogens is 334 g/mol. The van der Waals surface area contributed by atoms with E-state index >= 15 is 0 Å². The van der Waals surface area contributed by atoms with Crippen LogP contribution in [0.25, 0.3) is 0 Å². The Morgan fingerprint density at radius 2 is 1.88 bits per heavy atom. The van der Waals surface area contributed by atoms with E-state index in [0.29, 0.717) is 19.8 Å². The Kier molecular flexibility index (Phi) is 5.93. The molecule has 1 aliphatic heterocycles. The first kappa shape index (κ1) is 18.0. The molecule has 7 heteroatoms. The van der Waals surface area contributed by atoms with Crippen LogP contribution in [0.15, 0.2) is 54.6 Å². The van der Waals surface area contributed by atoms with Crippen LogP contribution in [0.4, 0.5) is 5.69 Å². The maximum Gasteiger partial charge on any atom is 0.270 e. The number of amides is 1. The number of nitrogens with one attached hydrogen (secondary N) is 1. The van der Waals surface area contributed by atoms with Gasteiger partial charge in [0.1, 0.15) is 0 Å². The van der Waals surface area contributed by atoms with Gasteiger partial charge in [-0.25, -0.2) is 0 Å². The summed E-state index contributed by atoms with van der Waals surface area (Å²) in [6, 6.07) is 15.3. The van der Waals surface area contributed by atoms with Crippen LogP contribution >= 0.6 is 0 Å². The number of nitro benzene ring substituents is 1. The molecule has 0 aliphatic carbocycles. The summed E-state index contributed by atoms with van der Waals surface area (Å²) < 4.78 is 5.38. The summed E-state index contributed by atoms with van der Waals surface area (Å²) in [5.41, 5.74) is 1.18. The molecule has 26 heavy (non-hydrogen) atoms. The van der Waals surface area contributed by atoms with Gasteiger partial charge in [0.2, 0.25) is 0 Å². The van der Waals surface area contributed by atoms with Crippen molar-refractivity contribution in [1.82, 2.24) is 10.2 Å². The van der Waals surface area contributed by atoms with Crippen molar-refractivity contribution in [3.63, 3.8) is 0 Å². The minimum absolute atomic E-state index is 0.0953. The van der Waals surface area contributed by atoms with Crippen molar-refractivity contribution in [2.24, 2.45) is 0 Å². The van der Waals surface area contributed by atoms with Crippen molar-refractivity contribution >= 4 is 11.6 Å². The molecule has 0 bridgehead atoms. The molecule has 7 nitrogen and oxygen atoms in total. The van der Waals surface area contributed by atoms with E-state index in [1.807, 2.05) is 30.3 Å². The van der Waals surface area contributed by atoms with Crippen molar-refractivity contribution in [2.75, 3.05) is 32.8 Å². The molecular formula is C19H21N3O4. The summed E-state index contributed by atoms with van der Waals surface area (Å²) in [4.78, 5) is 25.3. The Morgan fingerprint density at radius 1 is 1.15 bits per heavy atom. The molecule has 3 rings (SSSR count). The maximum atomic E-state index is 12.7. The number of nitro groups is 1. The maximum absolute atomic E-state index is 12.7. The summed E-state index contributed by atoms with van der Waals surface area (Å²) >= 11 is 0. The zero-order chi connectivity index (χ0) is 18.4. The molecule has 1 amide bonds. The molecule has 1 atom stereocenters. The highest BCUT2D eigenvalue weighted by atomic mass is 16.6. The summed E-state index contributed by atoms with van der Waals surface area (Å²) in [5, 5.41) is 14.0. The standard InChI is InChI=1S/C19H21N3O4/c23-19(16-7-4-8-17(13-16)22(24)25)20-18(15-5-2-1-3-6-15)14-21-9-11-26-12-10-21/h1-8,13,18H,9-12,14H2,(H,20,23)/t18-/m1/s1. The quantitative estimate of drug-likeness (QED) is 0.635. The fourth-order valence-electron chi connectivity index (χ4n) is 2.96. The van der Waals surface area contributed by atoms with Gasteiger partial charge in [0.05, 0.1) is 24.2 Å². The number of morpholine rings is 1. The molecule has 136 valence electrons. The summed E-state index contributed by atoms with van der Waals surface area (Å²) in [5.74, 6) is -0.323. The fourth-order valence-corrected chi connectivity index (χ4v) is 2.96. The summed E-state index contributed by atoms with van der Waals surface area (Å²) in [7, 11) is 0. The zero-order valence-electron chi connectivity index (χ0n) is 14.3. The Morgan fingerprint density at radius 3 is 2.58 bits per heavy atom. The lowest BCUT2D eigenvalue weighted by molar-refractivity contribution is -0.384. The smallest absolute Gasteiger partial charge is 0.270 e. The van der Waals surface area contributed by atoms with Crippen molar-refractivity contribution in [3.8, 4) is 0 Å². The average Bonchev–Trinajstić information content (AvgIpc) is 2.69. The molecule has 0 saturated carbocycles. The number of rotatable bonds is 6. The number of nitrogens with zero attached hydrogens (tertiary/aromatic N) is 2. The number of benzene rings is 2. The molecule has 2 aromatic carbocycles. The molecule has 1 saturated heterocycles. The van der Waals surface area contributed by atoms with E-state index in [1.54, 1.807) is 6.07 Å². The topological polar surface area (TPSA) is 84.7 Å². The van der Waals surface area contributed by atoms with Gasteiger partial charge in [-0.05, 0) is 11.6 Å². The molecule has 0 aromatic heterocycles. The Bertz CT molecular complexity index is 760. The van der Waals surface area contributed by atoms with Crippen LogP contribution in [0.1, 0.15) is 22.0 Å². The minimum Gasteiger partial charge on any atom is -0.379 e. The highest BCUT2D eigenvalue weighted by Gasteiger charge is 2.21. The number of non-ortho nitro benzene ring substituents is 1. The average molecular weight is 355 g/mol. The van der Waals surface area contributed by atoms with Gasteiger partial charge in [0, 0.05) is 37.3 Å². The predicted octanol–water partition coefficient (Wildman–Crippen LogP) is 2.40. The predicted molar refractivity (Wildman–Crippen MR) is 97.0 cm³/mol. The Labute approximate surface area is 151 Å². The van der Waals surface area contributed by atoms with E-state index in [4.69, 9.17) is 4.74 Å². The number of carbonyl (C=O) groups is 1. The van der Waals surface area contributed by atoms with E-state index < -0.39 is 4.92 Å². The van der Waals surface area contributed by atoms with E-state index in [-0.39, 0.29) is 23.2 Å². The van der Waals surface area contributed by atoms with Crippen molar-refractivity contribution in [3.05, 3.63) is 75.8 Å². The van der Waals surface area contributed by atoms with E-state index in [9.17, 15) is 14.9 Å². The first-order chi connectivity index (χ1) is 12.6. The number of ether oxygens (including phenoxy) is 1. The van der Waals surface area contributed by atoms with Crippen LogP contribution in [-0.4, -0.2) is 48.6 Å². The van der Waals surface area contributed by atoms with Gasteiger partial charge in [-0.2, -0.15) is 0 Å². The number of hydrogen-bond acceptors (Lipinski definition) is 5. The van der Waals surface area contributed by atoms with Crippen LogP contribution in [0.3, 0.4) is 0 Å². The van der Waals surface area contributed by atoms with Crippen LogP contribution in [0, 0.1) is 10.1 Å². The molecule has 1 heterocycles.